The Bertz CT molecular complexity index is 203. The van der Waals surface area contributed by atoms with Crippen molar-refractivity contribution in [1.82, 2.24) is 10.2 Å². The Morgan fingerprint density at radius 2 is 1.93 bits per heavy atom. The van der Waals surface area contributed by atoms with Gasteiger partial charge in [0.1, 0.15) is 0 Å². The Balaban J connectivity index is 1.66. The van der Waals surface area contributed by atoms with Crippen molar-refractivity contribution in [3.05, 3.63) is 0 Å². The third kappa shape index (κ3) is 1.47. The number of rotatable bonds is 1. The van der Waals surface area contributed by atoms with Gasteiger partial charge in [-0.05, 0) is 37.8 Å². The van der Waals surface area contributed by atoms with Gasteiger partial charge in [0.15, 0.2) is 0 Å². The molecule has 1 N–H and O–H groups in total. The smallest absolute Gasteiger partial charge is 0.0594 e. The van der Waals surface area contributed by atoms with Gasteiger partial charge in [-0.15, -0.1) is 0 Å². The van der Waals surface area contributed by atoms with Crippen LogP contribution in [0.15, 0.2) is 0 Å². The largest absolute Gasteiger partial charge is 0.379 e. The third-order valence-corrected chi connectivity index (χ3v) is 4.23. The number of morpholine rings is 1. The summed E-state index contributed by atoms with van der Waals surface area (Å²) in [5, 5.41) is 3.54. The molecule has 0 aromatic carbocycles. The number of ether oxygens (including phenoxy) is 1. The Morgan fingerprint density at radius 3 is 2.79 bits per heavy atom. The second-order valence-corrected chi connectivity index (χ2v) is 4.88. The van der Waals surface area contributed by atoms with Crippen LogP contribution < -0.4 is 5.32 Å². The molecule has 0 radical (unpaired) electrons. The number of nitrogens with zero attached hydrogens (tertiary/aromatic N) is 1. The zero-order chi connectivity index (χ0) is 9.38. The van der Waals surface area contributed by atoms with Crippen LogP contribution in [0.3, 0.4) is 0 Å². The standard InChI is InChI=1S/C11H20N2O/c1-2-11(10-8-12-7-9(1)10)13-3-5-14-6-4-13/h9-12H,1-8H2/t9-,10+,11-/m1/s1. The van der Waals surface area contributed by atoms with E-state index in [-0.39, 0.29) is 0 Å². The fourth-order valence-corrected chi connectivity index (χ4v) is 3.48. The van der Waals surface area contributed by atoms with Crippen molar-refractivity contribution >= 4 is 0 Å². The van der Waals surface area contributed by atoms with E-state index in [9.17, 15) is 0 Å². The maximum atomic E-state index is 5.41. The van der Waals surface area contributed by atoms with Crippen molar-refractivity contribution in [1.29, 1.82) is 0 Å². The summed E-state index contributed by atoms with van der Waals surface area (Å²) in [6, 6.07) is 0.860. The normalized spacial score (nSPS) is 44.1. The zero-order valence-electron chi connectivity index (χ0n) is 8.74. The summed E-state index contributed by atoms with van der Waals surface area (Å²) >= 11 is 0. The van der Waals surface area contributed by atoms with Crippen molar-refractivity contribution in [3.63, 3.8) is 0 Å². The maximum Gasteiger partial charge on any atom is 0.0594 e. The average Bonchev–Trinajstić information content (AvgIpc) is 2.79. The molecule has 80 valence electrons. The van der Waals surface area contributed by atoms with E-state index < -0.39 is 0 Å². The van der Waals surface area contributed by atoms with E-state index in [4.69, 9.17) is 4.74 Å². The van der Waals surface area contributed by atoms with Gasteiger partial charge in [0, 0.05) is 19.1 Å². The summed E-state index contributed by atoms with van der Waals surface area (Å²) in [6.45, 7) is 6.74. The fourth-order valence-electron chi connectivity index (χ4n) is 3.48. The van der Waals surface area contributed by atoms with Gasteiger partial charge >= 0.3 is 0 Å². The van der Waals surface area contributed by atoms with Crippen molar-refractivity contribution in [3.8, 4) is 0 Å². The fraction of sp³-hybridized carbons (Fsp3) is 1.00. The van der Waals surface area contributed by atoms with E-state index in [1.165, 1.54) is 25.9 Å². The number of nitrogens with one attached hydrogen (secondary N) is 1. The predicted molar refractivity (Wildman–Crippen MR) is 55.3 cm³/mol. The van der Waals surface area contributed by atoms with Gasteiger partial charge in [-0.2, -0.15) is 0 Å². The number of hydrogen-bond acceptors (Lipinski definition) is 3. The first-order chi connectivity index (χ1) is 6.95. The lowest BCUT2D eigenvalue weighted by atomic mass is 9.96. The summed E-state index contributed by atoms with van der Waals surface area (Å²) in [5.74, 6) is 1.91. The van der Waals surface area contributed by atoms with Gasteiger partial charge < -0.3 is 10.1 Å². The lowest BCUT2D eigenvalue weighted by molar-refractivity contribution is 0.00834. The zero-order valence-corrected chi connectivity index (χ0v) is 8.74. The molecule has 3 aliphatic rings. The quantitative estimate of drug-likeness (QED) is 0.653. The average molecular weight is 196 g/mol. The molecule has 0 aromatic rings. The molecule has 0 unspecified atom stereocenters. The maximum absolute atomic E-state index is 5.41. The lowest BCUT2D eigenvalue weighted by Crippen LogP contribution is -2.46. The predicted octanol–water partition coefficient (Wildman–Crippen LogP) is 0.317. The molecule has 0 aromatic heterocycles. The van der Waals surface area contributed by atoms with Gasteiger partial charge in [-0.25, -0.2) is 0 Å². The molecular weight excluding hydrogens is 176 g/mol. The Labute approximate surface area is 85.8 Å². The highest BCUT2D eigenvalue weighted by molar-refractivity contribution is 4.96. The van der Waals surface area contributed by atoms with Crippen LogP contribution in [0.4, 0.5) is 0 Å². The van der Waals surface area contributed by atoms with E-state index in [1.807, 2.05) is 0 Å². The van der Waals surface area contributed by atoms with Gasteiger partial charge in [-0.3, -0.25) is 4.90 Å². The van der Waals surface area contributed by atoms with Crippen LogP contribution in [0, 0.1) is 11.8 Å². The van der Waals surface area contributed by atoms with Crippen LogP contribution in [-0.4, -0.2) is 50.3 Å². The van der Waals surface area contributed by atoms with Crippen LogP contribution in [0.1, 0.15) is 12.8 Å². The summed E-state index contributed by atoms with van der Waals surface area (Å²) in [6.07, 6.45) is 2.87. The monoisotopic (exact) mass is 196 g/mol. The second-order valence-electron chi connectivity index (χ2n) is 4.88. The molecule has 0 amide bonds. The minimum absolute atomic E-state index is 0.860. The second kappa shape index (κ2) is 3.80. The van der Waals surface area contributed by atoms with Crippen molar-refractivity contribution in [2.24, 2.45) is 11.8 Å². The van der Waals surface area contributed by atoms with Gasteiger partial charge in [0.05, 0.1) is 13.2 Å². The van der Waals surface area contributed by atoms with Crippen LogP contribution >= 0.6 is 0 Å². The Hall–Kier alpha value is -0.120. The first kappa shape index (κ1) is 9.13. The van der Waals surface area contributed by atoms with E-state index in [0.717, 1.165) is 44.2 Å². The van der Waals surface area contributed by atoms with Gasteiger partial charge in [0.2, 0.25) is 0 Å². The molecule has 14 heavy (non-hydrogen) atoms. The molecule has 2 saturated heterocycles. The molecule has 3 heteroatoms. The van der Waals surface area contributed by atoms with E-state index in [0.29, 0.717) is 0 Å². The molecular formula is C11H20N2O. The van der Waals surface area contributed by atoms with Gasteiger partial charge in [-0.1, -0.05) is 0 Å². The summed E-state index contributed by atoms with van der Waals surface area (Å²) in [5.41, 5.74) is 0. The molecule has 2 aliphatic heterocycles. The van der Waals surface area contributed by atoms with Crippen molar-refractivity contribution in [2.45, 2.75) is 18.9 Å². The summed E-state index contributed by atoms with van der Waals surface area (Å²) < 4.78 is 5.41. The Morgan fingerprint density at radius 1 is 1.07 bits per heavy atom. The van der Waals surface area contributed by atoms with Crippen LogP contribution in [0.25, 0.3) is 0 Å². The van der Waals surface area contributed by atoms with Gasteiger partial charge in [0.25, 0.3) is 0 Å². The molecule has 3 nitrogen and oxygen atoms in total. The van der Waals surface area contributed by atoms with E-state index in [2.05, 4.69) is 10.2 Å². The summed E-state index contributed by atoms with van der Waals surface area (Å²) in [4.78, 5) is 2.67. The number of hydrogen-bond donors (Lipinski definition) is 1. The van der Waals surface area contributed by atoms with E-state index in [1.54, 1.807) is 0 Å². The highest BCUT2D eigenvalue weighted by Gasteiger charge is 2.41. The Kier molecular flexibility index (Phi) is 2.48. The SMILES string of the molecule is C1CN([C@@H]2CC[C@@H]3CNC[C@@H]32)CCO1. The van der Waals surface area contributed by atoms with Crippen molar-refractivity contribution in [2.75, 3.05) is 39.4 Å². The summed E-state index contributed by atoms with van der Waals surface area (Å²) in [7, 11) is 0. The minimum atomic E-state index is 0.860. The van der Waals surface area contributed by atoms with E-state index >= 15 is 0 Å². The minimum Gasteiger partial charge on any atom is -0.379 e. The molecule has 1 saturated carbocycles. The molecule has 1 aliphatic carbocycles. The van der Waals surface area contributed by atoms with Crippen LogP contribution in [0.2, 0.25) is 0 Å². The first-order valence-electron chi connectivity index (χ1n) is 5.97. The third-order valence-electron chi connectivity index (χ3n) is 4.23. The highest BCUT2D eigenvalue weighted by Crippen LogP contribution is 2.37. The lowest BCUT2D eigenvalue weighted by Gasteiger charge is -2.35. The topological polar surface area (TPSA) is 24.5 Å². The molecule has 2 heterocycles. The van der Waals surface area contributed by atoms with Crippen molar-refractivity contribution < 1.29 is 4.74 Å². The highest BCUT2D eigenvalue weighted by atomic mass is 16.5. The van der Waals surface area contributed by atoms with Crippen LogP contribution in [0.5, 0.6) is 0 Å². The molecule has 0 spiro atoms. The van der Waals surface area contributed by atoms with Crippen LogP contribution in [-0.2, 0) is 4.74 Å². The first-order valence-corrected chi connectivity index (χ1v) is 5.97. The molecule has 3 rings (SSSR count). The molecule has 3 atom stereocenters. The molecule has 0 bridgehead atoms. The molecule has 3 fully saturated rings. The number of fused-ring (bicyclic) bond motifs is 1.